The third kappa shape index (κ3) is 7.22. The van der Waals surface area contributed by atoms with Crippen molar-refractivity contribution >= 4 is 5.69 Å². The van der Waals surface area contributed by atoms with Crippen LogP contribution in [0.15, 0.2) is 59.3 Å². The Bertz CT molecular complexity index is 775. The molecule has 3 nitrogen and oxygen atoms in total. The highest BCUT2D eigenvalue weighted by atomic mass is 15.4. The van der Waals surface area contributed by atoms with Crippen LogP contribution in [0.5, 0.6) is 0 Å². The van der Waals surface area contributed by atoms with E-state index in [2.05, 4.69) is 52.0 Å². The van der Waals surface area contributed by atoms with Gasteiger partial charge in [-0.3, -0.25) is 5.01 Å². The van der Waals surface area contributed by atoms with Crippen molar-refractivity contribution < 1.29 is 0 Å². The number of hydrogen-bond donors (Lipinski definition) is 1. The molecular formula is C26H37N3. The molecule has 0 aliphatic heterocycles. The van der Waals surface area contributed by atoms with Gasteiger partial charge in [-0.1, -0.05) is 63.8 Å². The Labute approximate surface area is 177 Å². The number of nitriles is 1. The van der Waals surface area contributed by atoms with Gasteiger partial charge in [0, 0.05) is 0 Å². The number of hydrogen-bond acceptors (Lipinski definition) is 3. The number of hydrazine groups is 1. The second-order valence-corrected chi connectivity index (χ2v) is 8.68. The largest absolute Gasteiger partial charge is 0.280 e. The van der Waals surface area contributed by atoms with Crippen LogP contribution in [0.25, 0.3) is 0 Å². The average Bonchev–Trinajstić information content (AvgIpc) is 2.73. The molecule has 0 amide bonds. The summed E-state index contributed by atoms with van der Waals surface area (Å²) >= 11 is 0. The van der Waals surface area contributed by atoms with Crippen LogP contribution in [-0.2, 0) is 0 Å². The molecule has 156 valence electrons. The summed E-state index contributed by atoms with van der Waals surface area (Å²) < 4.78 is 0. The molecule has 0 heterocycles. The fourth-order valence-electron chi connectivity index (χ4n) is 3.81. The maximum atomic E-state index is 9.07. The van der Waals surface area contributed by atoms with Gasteiger partial charge in [-0.05, 0) is 74.3 Å². The SMILES string of the molecule is CCCC(C/C=C(/C1=CC=C(C)CC1)N(N)c1ccc(C#N)cc1)CCC(C)C. The van der Waals surface area contributed by atoms with E-state index in [1.165, 1.54) is 36.8 Å². The average molecular weight is 392 g/mol. The molecule has 1 aliphatic rings. The molecule has 1 aromatic carbocycles. The normalized spacial score (nSPS) is 15.6. The van der Waals surface area contributed by atoms with Gasteiger partial charge in [0.15, 0.2) is 0 Å². The lowest BCUT2D eigenvalue weighted by molar-refractivity contribution is 0.399. The van der Waals surface area contributed by atoms with Crippen LogP contribution in [0, 0.1) is 23.2 Å². The zero-order chi connectivity index (χ0) is 21.2. The monoisotopic (exact) mass is 391 g/mol. The number of nitrogens with zero attached hydrogens (tertiary/aromatic N) is 2. The highest BCUT2D eigenvalue weighted by Gasteiger charge is 2.16. The lowest BCUT2D eigenvalue weighted by Gasteiger charge is -2.27. The van der Waals surface area contributed by atoms with E-state index in [9.17, 15) is 0 Å². The molecule has 1 atom stereocenters. The van der Waals surface area contributed by atoms with Gasteiger partial charge >= 0.3 is 0 Å². The van der Waals surface area contributed by atoms with E-state index >= 15 is 0 Å². The Hall–Kier alpha value is -2.31. The zero-order valence-electron chi connectivity index (χ0n) is 18.6. The molecule has 0 saturated carbocycles. The number of allylic oxidation sites excluding steroid dienone is 5. The second kappa shape index (κ2) is 11.6. The van der Waals surface area contributed by atoms with E-state index in [4.69, 9.17) is 11.1 Å². The minimum absolute atomic E-state index is 0.653. The molecule has 1 aliphatic carbocycles. The topological polar surface area (TPSA) is 53.0 Å². The molecular weight excluding hydrogens is 354 g/mol. The van der Waals surface area contributed by atoms with Crippen molar-refractivity contribution in [2.75, 3.05) is 5.01 Å². The van der Waals surface area contributed by atoms with Crippen LogP contribution >= 0.6 is 0 Å². The van der Waals surface area contributed by atoms with Crippen LogP contribution in [-0.4, -0.2) is 0 Å². The molecule has 3 heteroatoms. The lowest BCUT2D eigenvalue weighted by atomic mass is 9.89. The number of benzene rings is 1. The Kier molecular flexibility index (Phi) is 9.22. The molecule has 0 bridgehead atoms. The quantitative estimate of drug-likeness (QED) is 0.344. The first-order valence-electron chi connectivity index (χ1n) is 11.1. The van der Waals surface area contributed by atoms with Crippen molar-refractivity contribution in [3.05, 3.63) is 64.9 Å². The predicted molar refractivity (Wildman–Crippen MR) is 124 cm³/mol. The molecule has 0 aromatic heterocycles. The van der Waals surface area contributed by atoms with Gasteiger partial charge in [-0.25, -0.2) is 5.84 Å². The van der Waals surface area contributed by atoms with Crippen LogP contribution in [0.3, 0.4) is 0 Å². The first kappa shape index (κ1) is 23.0. The van der Waals surface area contributed by atoms with E-state index in [0.717, 1.165) is 36.6 Å². The standard InChI is InChI=1S/C26H37N3/c1-5-6-22(10-7-20(2)3)13-18-26(24-14-8-21(4)9-15-24)29(28)25-16-11-23(19-27)12-17-25/h8,11-12,14,16-18,20,22H,5-7,9-10,13,15,28H2,1-4H3/b26-18-. The number of rotatable bonds is 10. The summed E-state index contributed by atoms with van der Waals surface area (Å²) in [7, 11) is 0. The molecule has 2 rings (SSSR count). The molecule has 2 N–H and O–H groups in total. The molecule has 1 unspecified atom stereocenters. The summed E-state index contributed by atoms with van der Waals surface area (Å²) in [6.45, 7) is 9.06. The Morgan fingerprint density at radius 2 is 1.86 bits per heavy atom. The summed E-state index contributed by atoms with van der Waals surface area (Å²) in [5.74, 6) is 8.05. The van der Waals surface area contributed by atoms with Crippen molar-refractivity contribution in [1.29, 1.82) is 5.26 Å². The van der Waals surface area contributed by atoms with Crippen molar-refractivity contribution in [1.82, 2.24) is 0 Å². The minimum atomic E-state index is 0.653. The second-order valence-electron chi connectivity index (χ2n) is 8.68. The van der Waals surface area contributed by atoms with Gasteiger partial charge in [0.05, 0.1) is 23.0 Å². The predicted octanol–water partition coefficient (Wildman–Crippen LogP) is 7.03. The zero-order valence-corrected chi connectivity index (χ0v) is 18.6. The van der Waals surface area contributed by atoms with Gasteiger partial charge in [0.25, 0.3) is 0 Å². The van der Waals surface area contributed by atoms with Crippen molar-refractivity contribution in [2.24, 2.45) is 17.7 Å². The first-order valence-corrected chi connectivity index (χ1v) is 11.1. The summed E-state index contributed by atoms with van der Waals surface area (Å²) in [6, 6.07) is 9.69. The van der Waals surface area contributed by atoms with Gasteiger partial charge in [-0.15, -0.1) is 0 Å². The Morgan fingerprint density at radius 3 is 2.41 bits per heavy atom. The van der Waals surface area contributed by atoms with Crippen LogP contribution < -0.4 is 10.9 Å². The third-order valence-corrected chi connectivity index (χ3v) is 5.71. The van der Waals surface area contributed by atoms with E-state index in [-0.39, 0.29) is 0 Å². The molecule has 0 fully saturated rings. The van der Waals surface area contributed by atoms with E-state index in [1.54, 1.807) is 5.01 Å². The summed E-state index contributed by atoms with van der Waals surface area (Å²) in [5.41, 5.74) is 5.37. The molecule has 1 aromatic rings. The van der Waals surface area contributed by atoms with E-state index in [1.807, 2.05) is 24.3 Å². The number of nitrogens with two attached hydrogens (primary N) is 1. The first-order chi connectivity index (χ1) is 13.9. The molecule has 29 heavy (non-hydrogen) atoms. The van der Waals surface area contributed by atoms with Crippen molar-refractivity contribution in [3.63, 3.8) is 0 Å². The highest BCUT2D eigenvalue weighted by molar-refractivity contribution is 5.57. The van der Waals surface area contributed by atoms with Gasteiger partial charge in [-0.2, -0.15) is 5.26 Å². The van der Waals surface area contributed by atoms with Crippen LogP contribution in [0.2, 0.25) is 0 Å². The fraction of sp³-hybridized carbons (Fsp3) is 0.500. The summed E-state index contributed by atoms with van der Waals surface area (Å²) in [4.78, 5) is 0. The Balaban J connectivity index is 2.28. The van der Waals surface area contributed by atoms with Gasteiger partial charge in [0.1, 0.15) is 0 Å². The fourth-order valence-corrected chi connectivity index (χ4v) is 3.81. The van der Waals surface area contributed by atoms with Crippen LogP contribution in [0.1, 0.15) is 78.2 Å². The summed E-state index contributed by atoms with van der Waals surface area (Å²) in [6.07, 6.45) is 15.0. The third-order valence-electron chi connectivity index (χ3n) is 5.71. The summed E-state index contributed by atoms with van der Waals surface area (Å²) in [5, 5.41) is 10.9. The van der Waals surface area contributed by atoms with Gasteiger partial charge < -0.3 is 0 Å². The number of anilines is 1. The Morgan fingerprint density at radius 1 is 1.14 bits per heavy atom. The van der Waals surface area contributed by atoms with Crippen LogP contribution in [0.4, 0.5) is 5.69 Å². The molecule has 0 saturated heterocycles. The molecule has 0 spiro atoms. The van der Waals surface area contributed by atoms with Crippen molar-refractivity contribution in [3.8, 4) is 6.07 Å². The maximum Gasteiger partial charge on any atom is 0.0991 e. The maximum absolute atomic E-state index is 9.07. The smallest absolute Gasteiger partial charge is 0.0991 e. The van der Waals surface area contributed by atoms with Crippen molar-refractivity contribution in [2.45, 2.75) is 72.6 Å². The van der Waals surface area contributed by atoms with Gasteiger partial charge in [0.2, 0.25) is 0 Å². The van der Waals surface area contributed by atoms with E-state index in [0.29, 0.717) is 11.5 Å². The lowest BCUT2D eigenvalue weighted by Crippen LogP contribution is -2.31. The highest BCUT2D eigenvalue weighted by Crippen LogP contribution is 2.30. The molecule has 0 radical (unpaired) electrons. The minimum Gasteiger partial charge on any atom is -0.280 e. The van der Waals surface area contributed by atoms with E-state index < -0.39 is 0 Å².